The van der Waals surface area contributed by atoms with Crippen molar-refractivity contribution in [3.63, 3.8) is 0 Å². The molecule has 2 aromatic carbocycles. The Labute approximate surface area is 206 Å². The summed E-state index contributed by atoms with van der Waals surface area (Å²) in [5.74, 6) is -0.863. The van der Waals surface area contributed by atoms with Crippen molar-refractivity contribution in [2.75, 3.05) is 25.1 Å². The Morgan fingerprint density at radius 1 is 1.09 bits per heavy atom. The van der Waals surface area contributed by atoms with Gasteiger partial charge in [0.2, 0.25) is 0 Å². The largest absolute Gasteiger partial charge is 0.353 e. The molecule has 4 rings (SSSR count). The maximum atomic E-state index is 13.6. The molecule has 2 heterocycles. The summed E-state index contributed by atoms with van der Waals surface area (Å²) in [6.07, 6.45) is 2.70. The Balaban J connectivity index is 1.63. The predicted octanol–water partition coefficient (Wildman–Crippen LogP) is 5.82. The maximum Gasteiger partial charge on any atom is 0.271 e. The highest BCUT2D eigenvalue weighted by Gasteiger charge is 2.28. The van der Waals surface area contributed by atoms with Crippen molar-refractivity contribution in [1.82, 2.24) is 9.47 Å². The third-order valence-corrected chi connectivity index (χ3v) is 6.70. The monoisotopic (exact) mass is 503 g/mol. The van der Waals surface area contributed by atoms with E-state index in [0.29, 0.717) is 37.2 Å². The molecular formula is C26H25ClF3N3O2. The van der Waals surface area contributed by atoms with Crippen LogP contribution in [0.1, 0.15) is 40.2 Å². The highest BCUT2D eigenvalue weighted by Crippen LogP contribution is 2.32. The summed E-state index contributed by atoms with van der Waals surface area (Å²) < 4.78 is 41.0. The molecule has 1 aromatic heterocycles. The molecule has 0 bridgehead atoms. The van der Waals surface area contributed by atoms with Gasteiger partial charge in [0.05, 0.1) is 17.8 Å². The van der Waals surface area contributed by atoms with Crippen molar-refractivity contribution in [2.24, 2.45) is 0 Å². The van der Waals surface area contributed by atoms with E-state index >= 15 is 0 Å². The number of hydrogen-bond acceptors (Lipinski definition) is 3. The third kappa shape index (κ3) is 5.37. The summed E-state index contributed by atoms with van der Waals surface area (Å²) in [7, 11) is 0. The molecule has 0 aliphatic carbocycles. The first-order valence-corrected chi connectivity index (χ1v) is 11.7. The lowest BCUT2D eigenvalue weighted by molar-refractivity contribution is 0.0713. The number of halogens is 4. The summed E-state index contributed by atoms with van der Waals surface area (Å²) >= 11 is 6.38. The van der Waals surface area contributed by atoms with Crippen molar-refractivity contribution in [2.45, 2.75) is 32.2 Å². The summed E-state index contributed by atoms with van der Waals surface area (Å²) in [6, 6.07) is 10.5. The molecule has 0 saturated carbocycles. The molecule has 1 amide bonds. The van der Waals surface area contributed by atoms with Crippen LogP contribution < -0.4 is 10.9 Å². The van der Waals surface area contributed by atoms with E-state index in [2.05, 4.69) is 5.32 Å². The van der Waals surface area contributed by atoms with E-state index in [9.17, 15) is 22.8 Å². The molecule has 1 N–H and O–H groups in total. The molecule has 1 aliphatic rings. The van der Waals surface area contributed by atoms with Crippen molar-refractivity contribution in [3.8, 4) is 0 Å². The van der Waals surface area contributed by atoms with Gasteiger partial charge in [0.1, 0.15) is 23.3 Å². The molecule has 0 unspecified atom stereocenters. The van der Waals surface area contributed by atoms with E-state index in [-0.39, 0.29) is 40.5 Å². The number of anilines is 2. The average molecular weight is 504 g/mol. The molecule has 35 heavy (non-hydrogen) atoms. The van der Waals surface area contributed by atoms with Gasteiger partial charge in [-0.15, -0.1) is 0 Å². The van der Waals surface area contributed by atoms with E-state index in [1.165, 1.54) is 36.5 Å². The minimum Gasteiger partial charge on any atom is -0.353 e. The number of aryl methyl sites for hydroxylation is 2. The van der Waals surface area contributed by atoms with E-state index in [1.54, 1.807) is 24.0 Å². The standard InChI is InChI=1S/C26H25ClF3N3O2/c1-16-14-20(30)6-7-22(16)31-24-21(15-33(13-10-28)26(35)23(24)27)25(34)32-11-8-18(9-12-32)17-2-4-19(29)5-3-17/h2-7,14-15,18,31H,8-13H2,1H3. The van der Waals surface area contributed by atoms with Crippen molar-refractivity contribution in [1.29, 1.82) is 0 Å². The van der Waals surface area contributed by atoms with Crippen LogP contribution in [0.2, 0.25) is 5.02 Å². The van der Waals surface area contributed by atoms with Crippen LogP contribution in [0.5, 0.6) is 0 Å². The fraction of sp³-hybridized carbons (Fsp3) is 0.308. The van der Waals surface area contributed by atoms with Gasteiger partial charge in [-0.25, -0.2) is 13.2 Å². The second-order valence-electron chi connectivity index (χ2n) is 8.62. The summed E-state index contributed by atoms with van der Waals surface area (Å²) in [4.78, 5) is 27.9. The van der Waals surface area contributed by atoms with E-state index in [0.717, 1.165) is 10.1 Å². The second-order valence-corrected chi connectivity index (χ2v) is 9.00. The zero-order valence-corrected chi connectivity index (χ0v) is 19.9. The number of nitrogens with zero attached hydrogens (tertiary/aromatic N) is 2. The molecule has 184 valence electrons. The van der Waals surface area contributed by atoms with Gasteiger partial charge in [-0.3, -0.25) is 9.59 Å². The highest BCUT2D eigenvalue weighted by atomic mass is 35.5. The molecule has 5 nitrogen and oxygen atoms in total. The lowest BCUT2D eigenvalue weighted by Crippen LogP contribution is -2.39. The quantitative estimate of drug-likeness (QED) is 0.461. The van der Waals surface area contributed by atoms with Crippen molar-refractivity contribution < 1.29 is 18.0 Å². The highest BCUT2D eigenvalue weighted by molar-refractivity contribution is 6.34. The normalized spacial score (nSPS) is 14.3. The Morgan fingerprint density at radius 2 is 1.74 bits per heavy atom. The molecule has 0 spiro atoms. The zero-order valence-electron chi connectivity index (χ0n) is 19.2. The van der Waals surface area contributed by atoms with Crippen LogP contribution in [0.3, 0.4) is 0 Å². The molecule has 9 heteroatoms. The minimum absolute atomic E-state index is 0.104. The lowest BCUT2D eigenvalue weighted by atomic mass is 9.89. The first kappa shape index (κ1) is 24.9. The van der Waals surface area contributed by atoms with Crippen LogP contribution in [0.15, 0.2) is 53.5 Å². The molecule has 1 saturated heterocycles. The van der Waals surface area contributed by atoms with Gasteiger partial charge in [0.25, 0.3) is 11.5 Å². The third-order valence-electron chi connectivity index (χ3n) is 6.35. The fourth-order valence-electron chi connectivity index (χ4n) is 4.39. The smallest absolute Gasteiger partial charge is 0.271 e. The Morgan fingerprint density at radius 3 is 2.37 bits per heavy atom. The van der Waals surface area contributed by atoms with Gasteiger partial charge in [0, 0.05) is 25.0 Å². The van der Waals surface area contributed by atoms with Crippen LogP contribution >= 0.6 is 11.6 Å². The molecule has 1 aliphatic heterocycles. The summed E-state index contributed by atoms with van der Waals surface area (Å²) in [5.41, 5.74) is 1.68. The maximum absolute atomic E-state index is 13.6. The number of likely N-dealkylation sites (tertiary alicyclic amines) is 1. The number of aromatic nitrogens is 1. The zero-order chi connectivity index (χ0) is 25.1. The number of piperidine rings is 1. The minimum atomic E-state index is -0.795. The Kier molecular flexibility index (Phi) is 7.50. The average Bonchev–Trinajstić information content (AvgIpc) is 2.85. The number of amides is 1. The van der Waals surface area contributed by atoms with Crippen LogP contribution in [-0.4, -0.2) is 35.1 Å². The molecule has 3 aromatic rings. The second kappa shape index (κ2) is 10.6. The first-order valence-electron chi connectivity index (χ1n) is 11.3. The number of pyridine rings is 1. The van der Waals surface area contributed by atoms with Crippen molar-refractivity contribution >= 4 is 28.9 Å². The van der Waals surface area contributed by atoms with Crippen LogP contribution in [-0.2, 0) is 6.54 Å². The predicted molar refractivity (Wildman–Crippen MR) is 130 cm³/mol. The van der Waals surface area contributed by atoms with Gasteiger partial charge in [-0.1, -0.05) is 23.7 Å². The number of rotatable bonds is 6. The van der Waals surface area contributed by atoms with E-state index < -0.39 is 18.1 Å². The number of carbonyl (C=O) groups excluding carboxylic acids is 1. The first-order chi connectivity index (χ1) is 16.8. The van der Waals surface area contributed by atoms with Gasteiger partial charge < -0.3 is 14.8 Å². The molecule has 0 radical (unpaired) electrons. The fourth-order valence-corrected chi connectivity index (χ4v) is 4.65. The van der Waals surface area contributed by atoms with Gasteiger partial charge in [-0.05, 0) is 67.1 Å². The topological polar surface area (TPSA) is 54.3 Å². The molecule has 0 atom stereocenters. The molecular weight excluding hydrogens is 479 g/mol. The van der Waals surface area contributed by atoms with Gasteiger partial charge in [0.15, 0.2) is 0 Å². The van der Waals surface area contributed by atoms with Crippen molar-refractivity contribution in [3.05, 3.63) is 92.4 Å². The number of nitrogens with one attached hydrogen (secondary N) is 1. The SMILES string of the molecule is Cc1cc(F)ccc1Nc1c(C(=O)N2CCC(c3ccc(F)cc3)CC2)cn(CCF)c(=O)c1Cl. The van der Waals surface area contributed by atoms with Gasteiger partial charge >= 0.3 is 0 Å². The summed E-state index contributed by atoms with van der Waals surface area (Å²) in [6.45, 7) is 1.56. The number of carbonyl (C=O) groups is 1. The van der Waals surface area contributed by atoms with E-state index in [4.69, 9.17) is 11.6 Å². The van der Waals surface area contributed by atoms with Crippen LogP contribution in [0, 0.1) is 18.6 Å². The number of benzene rings is 2. The summed E-state index contributed by atoms with van der Waals surface area (Å²) in [5, 5.41) is 2.78. The Hall–Kier alpha value is -3.26. The van der Waals surface area contributed by atoms with Crippen LogP contribution in [0.25, 0.3) is 0 Å². The number of alkyl halides is 1. The Bertz CT molecular complexity index is 1290. The van der Waals surface area contributed by atoms with E-state index in [1.807, 2.05) is 0 Å². The number of hydrogen-bond donors (Lipinski definition) is 1. The lowest BCUT2D eigenvalue weighted by Gasteiger charge is -2.33. The van der Waals surface area contributed by atoms with Gasteiger partial charge in [-0.2, -0.15) is 0 Å². The molecule has 1 fully saturated rings. The van der Waals surface area contributed by atoms with Crippen LogP contribution in [0.4, 0.5) is 24.5 Å².